The first kappa shape index (κ1) is 13.2. The summed E-state index contributed by atoms with van der Waals surface area (Å²) in [5, 5.41) is 15.6. The molecule has 0 bridgehead atoms. The van der Waals surface area contributed by atoms with Crippen LogP contribution in [0.1, 0.15) is 24.4 Å². The van der Waals surface area contributed by atoms with E-state index in [1.54, 1.807) is 7.05 Å². The van der Waals surface area contributed by atoms with Crippen molar-refractivity contribution in [2.75, 3.05) is 6.54 Å². The van der Waals surface area contributed by atoms with E-state index in [2.05, 4.69) is 55.7 Å². The van der Waals surface area contributed by atoms with Gasteiger partial charge in [-0.05, 0) is 29.5 Å². The molecule has 6 heteroatoms. The standard InChI is InChI=1S/C12H16BrN5/c1-3-14-11(8-12-15-17-18(2)16-12)9-5-4-6-10(13)7-9/h4-7,11,14H,3,8H2,1-2H3. The van der Waals surface area contributed by atoms with Crippen LogP contribution in [0.5, 0.6) is 0 Å². The van der Waals surface area contributed by atoms with Gasteiger partial charge in [0.15, 0.2) is 5.82 Å². The molecule has 0 amide bonds. The maximum absolute atomic E-state index is 4.22. The van der Waals surface area contributed by atoms with Crippen LogP contribution in [0.15, 0.2) is 28.7 Å². The van der Waals surface area contributed by atoms with Gasteiger partial charge < -0.3 is 5.32 Å². The van der Waals surface area contributed by atoms with E-state index in [4.69, 9.17) is 0 Å². The minimum Gasteiger partial charge on any atom is -0.310 e. The summed E-state index contributed by atoms with van der Waals surface area (Å²) in [7, 11) is 1.78. The maximum Gasteiger partial charge on any atom is 0.176 e. The van der Waals surface area contributed by atoms with Crippen molar-refractivity contribution in [3.05, 3.63) is 40.1 Å². The van der Waals surface area contributed by atoms with Gasteiger partial charge in [-0.3, -0.25) is 0 Å². The fourth-order valence-electron chi connectivity index (χ4n) is 1.87. The predicted octanol–water partition coefficient (Wildman–Crippen LogP) is 1.87. The van der Waals surface area contributed by atoms with E-state index in [-0.39, 0.29) is 6.04 Å². The van der Waals surface area contributed by atoms with Crippen molar-refractivity contribution in [2.45, 2.75) is 19.4 Å². The Balaban J connectivity index is 2.17. The summed E-state index contributed by atoms with van der Waals surface area (Å²) < 4.78 is 1.08. The molecular formula is C12H16BrN5. The Kier molecular flexibility index (Phi) is 4.43. The normalized spacial score (nSPS) is 12.6. The van der Waals surface area contributed by atoms with Crippen LogP contribution < -0.4 is 5.32 Å². The molecule has 96 valence electrons. The molecule has 2 aromatic rings. The fraction of sp³-hybridized carbons (Fsp3) is 0.417. The van der Waals surface area contributed by atoms with Crippen LogP contribution in [0.2, 0.25) is 0 Å². The molecular weight excluding hydrogens is 294 g/mol. The zero-order valence-electron chi connectivity index (χ0n) is 10.5. The van der Waals surface area contributed by atoms with Crippen molar-refractivity contribution in [3.8, 4) is 0 Å². The molecule has 5 nitrogen and oxygen atoms in total. The van der Waals surface area contributed by atoms with Crippen LogP contribution in [0.25, 0.3) is 0 Å². The van der Waals surface area contributed by atoms with Gasteiger partial charge in [-0.1, -0.05) is 35.0 Å². The van der Waals surface area contributed by atoms with Crippen LogP contribution >= 0.6 is 15.9 Å². The Morgan fingerprint density at radius 1 is 1.44 bits per heavy atom. The van der Waals surface area contributed by atoms with E-state index in [9.17, 15) is 0 Å². The Hall–Kier alpha value is -1.27. The lowest BCUT2D eigenvalue weighted by molar-refractivity contribution is 0.534. The molecule has 0 aliphatic rings. The Labute approximate surface area is 115 Å². The molecule has 1 aromatic carbocycles. The lowest BCUT2D eigenvalue weighted by Crippen LogP contribution is -2.23. The van der Waals surface area contributed by atoms with E-state index < -0.39 is 0 Å². The Morgan fingerprint density at radius 2 is 2.28 bits per heavy atom. The number of likely N-dealkylation sites (N-methyl/N-ethyl adjacent to an activating group) is 1. The molecule has 18 heavy (non-hydrogen) atoms. The minimum absolute atomic E-state index is 0.205. The quantitative estimate of drug-likeness (QED) is 0.916. The van der Waals surface area contributed by atoms with Gasteiger partial charge in [0.05, 0.1) is 7.05 Å². The van der Waals surface area contributed by atoms with Crippen LogP contribution in [-0.2, 0) is 13.5 Å². The fourth-order valence-corrected chi connectivity index (χ4v) is 2.28. The summed E-state index contributed by atoms with van der Waals surface area (Å²) in [6, 6.07) is 8.48. The highest BCUT2D eigenvalue weighted by atomic mass is 79.9. The summed E-state index contributed by atoms with van der Waals surface area (Å²) in [5.74, 6) is 0.753. The minimum atomic E-state index is 0.205. The van der Waals surface area contributed by atoms with Gasteiger partial charge in [0.2, 0.25) is 0 Å². The lowest BCUT2D eigenvalue weighted by atomic mass is 10.0. The van der Waals surface area contributed by atoms with Crippen molar-refractivity contribution in [1.82, 2.24) is 25.5 Å². The molecule has 0 fully saturated rings. The summed E-state index contributed by atoms with van der Waals surface area (Å²) in [6.07, 6.45) is 0.734. The van der Waals surface area contributed by atoms with Crippen molar-refractivity contribution in [3.63, 3.8) is 0 Å². The van der Waals surface area contributed by atoms with Crippen LogP contribution in [0, 0.1) is 0 Å². The zero-order chi connectivity index (χ0) is 13.0. The van der Waals surface area contributed by atoms with E-state index >= 15 is 0 Å². The molecule has 0 aliphatic heterocycles. The SMILES string of the molecule is CCNC(Cc1nnn(C)n1)c1cccc(Br)c1. The van der Waals surface area contributed by atoms with Gasteiger partial charge in [-0.15, -0.1) is 10.2 Å². The van der Waals surface area contributed by atoms with Crippen molar-refractivity contribution in [1.29, 1.82) is 0 Å². The first-order valence-electron chi connectivity index (χ1n) is 5.90. The highest BCUT2D eigenvalue weighted by Crippen LogP contribution is 2.20. The average molecular weight is 310 g/mol. The number of hydrogen-bond donors (Lipinski definition) is 1. The second kappa shape index (κ2) is 6.06. The van der Waals surface area contributed by atoms with Crippen LogP contribution in [0.3, 0.4) is 0 Å². The third-order valence-corrected chi connectivity index (χ3v) is 3.13. The molecule has 1 unspecified atom stereocenters. The number of benzene rings is 1. The number of halogens is 1. The number of aromatic nitrogens is 4. The third kappa shape index (κ3) is 3.36. The topological polar surface area (TPSA) is 55.6 Å². The van der Waals surface area contributed by atoms with Crippen LogP contribution in [0.4, 0.5) is 0 Å². The second-order valence-corrected chi connectivity index (χ2v) is 4.98. The first-order chi connectivity index (χ1) is 8.69. The smallest absolute Gasteiger partial charge is 0.176 e. The van der Waals surface area contributed by atoms with Crippen molar-refractivity contribution < 1.29 is 0 Å². The van der Waals surface area contributed by atoms with Gasteiger partial charge in [-0.25, -0.2) is 0 Å². The average Bonchev–Trinajstić information content (AvgIpc) is 2.74. The number of nitrogens with one attached hydrogen (secondary N) is 1. The molecule has 1 N–H and O–H groups in total. The molecule has 2 rings (SSSR count). The number of nitrogens with zero attached hydrogens (tertiary/aromatic N) is 4. The number of aryl methyl sites for hydroxylation is 1. The highest BCUT2D eigenvalue weighted by Gasteiger charge is 2.14. The van der Waals surface area contributed by atoms with E-state index in [0.29, 0.717) is 0 Å². The van der Waals surface area contributed by atoms with Crippen molar-refractivity contribution in [2.24, 2.45) is 7.05 Å². The summed E-state index contributed by atoms with van der Waals surface area (Å²) in [4.78, 5) is 1.49. The molecule has 0 aliphatic carbocycles. The molecule has 1 aromatic heterocycles. The maximum atomic E-state index is 4.22. The van der Waals surface area contributed by atoms with Crippen LogP contribution in [-0.4, -0.2) is 26.8 Å². The molecule has 0 spiro atoms. The molecule has 0 saturated heterocycles. The molecule has 0 saturated carbocycles. The number of rotatable bonds is 5. The largest absolute Gasteiger partial charge is 0.310 e. The van der Waals surface area contributed by atoms with E-state index in [0.717, 1.165) is 23.3 Å². The third-order valence-electron chi connectivity index (χ3n) is 2.64. The predicted molar refractivity (Wildman–Crippen MR) is 73.1 cm³/mol. The lowest BCUT2D eigenvalue weighted by Gasteiger charge is -2.16. The Bertz CT molecular complexity index is 511. The van der Waals surface area contributed by atoms with Gasteiger partial charge in [0.1, 0.15) is 0 Å². The van der Waals surface area contributed by atoms with E-state index in [1.165, 1.54) is 10.4 Å². The number of tetrazole rings is 1. The van der Waals surface area contributed by atoms with Gasteiger partial charge in [0.25, 0.3) is 0 Å². The van der Waals surface area contributed by atoms with Gasteiger partial charge in [0, 0.05) is 16.9 Å². The summed E-state index contributed by atoms with van der Waals surface area (Å²) in [5.41, 5.74) is 1.22. The van der Waals surface area contributed by atoms with Gasteiger partial charge in [-0.2, -0.15) is 4.80 Å². The van der Waals surface area contributed by atoms with E-state index in [1.807, 2.05) is 12.1 Å². The summed E-state index contributed by atoms with van der Waals surface area (Å²) >= 11 is 3.50. The highest BCUT2D eigenvalue weighted by molar-refractivity contribution is 9.10. The number of hydrogen-bond acceptors (Lipinski definition) is 4. The molecule has 1 atom stereocenters. The first-order valence-corrected chi connectivity index (χ1v) is 6.70. The second-order valence-electron chi connectivity index (χ2n) is 4.06. The zero-order valence-corrected chi connectivity index (χ0v) is 12.1. The monoisotopic (exact) mass is 309 g/mol. The summed E-state index contributed by atoms with van der Waals surface area (Å²) in [6.45, 7) is 2.99. The van der Waals surface area contributed by atoms with Crippen molar-refractivity contribution >= 4 is 15.9 Å². The molecule has 1 heterocycles. The Morgan fingerprint density at radius 3 is 2.89 bits per heavy atom. The van der Waals surface area contributed by atoms with Gasteiger partial charge >= 0.3 is 0 Å². The molecule has 0 radical (unpaired) electrons.